The molecule has 30 heavy (non-hydrogen) atoms. The topological polar surface area (TPSA) is 137 Å². The fourth-order valence-corrected chi connectivity index (χ4v) is 3.35. The molecule has 0 bridgehead atoms. The number of likely N-dealkylation sites (tertiary alicyclic amines) is 1. The number of nitrogens with two attached hydrogens (primary N) is 1. The lowest BCUT2D eigenvalue weighted by Crippen LogP contribution is -2.50. The van der Waals surface area contributed by atoms with Gasteiger partial charge in [0.15, 0.2) is 0 Å². The van der Waals surface area contributed by atoms with Gasteiger partial charge in [-0.25, -0.2) is 18.7 Å². The number of halogens is 2. The van der Waals surface area contributed by atoms with Crippen molar-refractivity contribution in [2.45, 2.75) is 43.4 Å². The lowest BCUT2D eigenvalue weighted by molar-refractivity contribution is -0.131. The highest BCUT2D eigenvalue weighted by atomic mass is 19.3. The number of hydrogen-bond acceptors (Lipinski definition) is 7. The molecule has 11 heteroatoms. The minimum atomic E-state index is -2.71. The summed E-state index contributed by atoms with van der Waals surface area (Å²) < 4.78 is 31.7. The number of H-pyrrole nitrogens is 1. The van der Waals surface area contributed by atoms with E-state index < -0.39 is 35.8 Å². The maximum Gasteiger partial charge on any atom is 0.434 e. The summed E-state index contributed by atoms with van der Waals surface area (Å²) in [6, 6.07) is 7.38. The molecule has 0 radical (unpaired) electrons. The summed E-state index contributed by atoms with van der Waals surface area (Å²) in [6.45, 7) is 0.324. The van der Waals surface area contributed by atoms with Gasteiger partial charge in [0.2, 0.25) is 5.89 Å². The molecular formula is C19H25F2N5O4. The Morgan fingerprint density at radius 2 is 2.00 bits per heavy atom. The molecule has 2 aromatic rings. The van der Waals surface area contributed by atoms with Crippen molar-refractivity contribution in [1.29, 1.82) is 0 Å². The van der Waals surface area contributed by atoms with Gasteiger partial charge in [-0.3, -0.25) is 4.79 Å². The number of aromatic amines is 1. The van der Waals surface area contributed by atoms with E-state index >= 15 is 0 Å². The SMILES string of the molecule is N[C@H](Cc1ccccc1)[C@H](O)C(=O)N[C@H](CN1CCC(F)(F)CC1)c1n[nH]c(=O)o1. The first kappa shape index (κ1) is 22.1. The number of amides is 1. The van der Waals surface area contributed by atoms with Crippen LogP contribution in [0.1, 0.15) is 30.3 Å². The second-order valence-electron chi connectivity index (χ2n) is 7.47. The van der Waals surface area contributed by atoms with Crippen molar-refractivity contribution in [2.75, 3.05) is 19.6 Å². The number of benzene rings is 1. The summed E-state index contributed by atoms with van der Waals surface area (Å²) in [5.41, 5.74) is 6.84. The summed E-state index contributed by atoms with van der Waals surface area (Å²) in [4.78, 5) is 25.6. The van der Waals surface area contributed by atoms with E-state index in [0.29, 0.717) is 0 Å². The van der Waals surface area contributed by atoms with Gasteiger partial charge >= 0.3 is 5.76 Å². The minimum absolute atomic E-state index is 0.0935. The third kappa shape index (κ3) is 5.94. The molecule has 3 rings (SSSR count). The van der Waals surface area contributed by atoms with E-state index in [1.54, 1.807) is 4.90 Å². The molecule has 1 amide bonds. The average molecular weight is 425 g/mol. The summed E-state index contributed by atoms with van der Waals surface area (Å²) in [5, 5.41) is 18.8. The fraction of sp³-hybridized carbons (Fsp3) is 0.526. The van der Waals surface area contributed by atoms with Gasteiger partial charge in [-0.1, -0.05) is 30.3 Å². The van der Waals surface area contributed by atoms with Crippen LogP contribution >= 0.6 is 0 Å². The Morgan fingerprint density at radius 1 is 1.33 bits per heavy atom. The molecule has 1 fully saturated rings. The number of hydrogen-bond donors (Lipinski definition) is 4. The molecule has 3 atom stereocenters. The molecule has 0 spiro atoms. The molecule has 5 N–H and O–H groups in total. The third-order valence-electron chi connectivity index (χ3n) is 5.09. The number of aliphatic hydroxyl groups is 1. The molecule has 1 aliphatic heterocycles. The summed E-state index contributed by atoms with van der Waals surface area (Å²) in [7, 11) is 0. The molecule has 164 valence electrons. The van der Waals surface area contributed by atoms with Crippen LogP contribution in [0.2, 0.25) is 0 Å². The van der Waals surface area contributed by atoms with E-state index in [1.165, 1.54) is 0 Å². The molecule has 9 nitrogen and oxygen atoms in total. The van der Waals surface area contributed by atoms with Gasteiger partial charge in [-0.2, -0.15) is 0 Å². The van der Waals surface area contributed by atoms with Crippen LogP contribution in [0.3, 0.4) is 0 Å². The van der Waals surface area contributed by atoms with E-state index in [-0.39, 0.29) is 44.8 Å². The molecule has 1 aliphatic rings. The van der Waals surface area contributed by atoms with Gasteiger partial charge in [0, 0.05) is 38.5 Å². The van der Waals surface area contributed by atoms with Gasteiger partial charge < -0.3 is 25.5 Å². The molecule has 0 unspecified atom stereocenters. The van der Waals surface area contributed by atoms with Gasteiger partial charge in [0.05, 0.1) is 0 Å². The van der Waals surface area contributed by atoms with E-state index in [2.05, 4.69) is 15.5 Å². The quantitative estimate of drug-likeness (QED) is 0.473. The van der Waals surface area contributed by atoms with Crippen molar-refractivity contribution in [3.63, 3.8) is 0 Å². The molecule has 1 aromatic carbocycles. The predicted molar refractivity (Wildman–Crippen MR) is 103 cm³/mol. The predicted octanol–water partition coefficient (Wildman–Crippen LogP) is 0.182. The van der Waals surface area contributed by atoms with Crippen molar-refractivity contribution in [1.82, 2.24) is 20.4 Å². The Balaban J connectivity index is 1.64. The molecule has 0 saturated carbocycles. The third-order valence-corrected chi connectivity index (χ3v) is 5.09. The van der Waals surface area contributed by atoms with Gasteiger partial charge in [-0.15, -0.1) is 5.10 Å². The zero-order valence-corrected chi connectivity index (χ0v) is 16.3. The van der Waals surface area contributed by atoms with Crippen molar-refractivity contribution in [3.8, 4) is 0 Å². The van der Waals surface area contributed by atoms with E-state index in [4.69, 9.17) is 10.2 Å². The Bertz CT molecular complexity index is 878. The zero-order valence-electron chi connectivity index (χ0n) is 16.3. The van der Waals surface area contributed by atoms with Crippen LogP contribution in [-0.2, 0) is 11.2 Å². The summed E-state index contributed by atoms with van der Waals surface area (Å²) in [6.07, 6.45) is -1.85. The number of nitrogens with one attached hydrogen (secondary N) is 2. The Morgan fingerprint density at radius 3 is 2.60 bits per heavy atom. The van der Waals surface area contributed by atoms with Crippen LogP contribution in [0.15, 0.2) is 39.5 Å². The summed E-state index contributed by atoms with van der Waals surface area (Å²) in [5.74, 6) is -4.39. The van der Waals surface area contributed by atoms with Crippen molar-refractivity contribution < 1.29 is 23.1 Å². The number of aromatic nitrogens is 2. The van der Waals surface area contributed by atoms with Crippen molar-refractivity contribution >= 4 is 5.91 Å². The normalized spacial score (nSPS) is 19.7. The number of aliphatic hydroxyl groups excluding tert-OH is 1. The van der Waals surface area contributed by atoms with E-state index in [1.807, 2.05) is 30.3 Å². The summed E-state index contributed by atoms with van der Waals surface area (Å²) >= 11 is 0. The number of rotatable bonds is 8. The lowest BCUT2D eigenvalue weighted by Gasteiger charge is -2.33. The van der Waals surface area contributed by atoms with Crippen LogP contribution in [0.4, 0.5) is 8.78 Å². The Labute approximate surface area is 171 Å². The second-order valence-corrected chi connectivity index (χ2v) is 7.47. The second kappa shape index (κ2) is 9.45. The molecule has 1 saturated heterocycles. The van der Waals surface area contributed by atoms with E-state index in [9.17, 15) is 23.5 Å². The maximum absolute atomic E-state index is 13.4. The smallest absolute Gasteiger partial charge is 0.390 e. The highest BCUT2D eigenvalue weighted by molar-refractivity contribution is 5.81. The lowest BCUT2D eigenvalue weighted by atomic mass is 10.0. The molecule has 2 heterocycles. The number of nitrogens with zero attached hydrogens (tertiary/aromatic N) is 2. The molecular weight excluding hydrogens is 400 g/mol. The van der Waals surface area contributed by atoms with Gasteiger partial charge in [0.1, 0.15) is 12.1 Å². The van der Waals surface area contributed by atoms with Crippen molar-refractivity contribution in [2.24, 2.45) is 5.73 Å². The number of carbonyl (C=O) groups is 1. The van der Waals surface area contributed by atoms with Crippen LogP contribution in [0.5, 0.6) is 0 Å². The Hall–Kier alpha value is -2.63. The Kier molecular flexibility index (Phi) is 6.95. The number of alkyl halides is 2. The van der Waals surface area contributed by atoms with Crippen molar-refractivity contribution in [3.05, 3.63) is 52.3 Å². The standard InChI is InChI=1S/C19H25F2N5O4/c20-19(21)6-8-26(9-7-19)11-14(17-24-25-18(29)30-17)23-16(28)15(27)13(22)10-12-4-2-1-3-5-12/h1-5,13-15,27H,6-11,22H2,(H,23,28)(H,25,29)/t13-,14-,15+/m1/s1. The highest BCUT2D eigenvalue weighted by Gasteiger charge is 2.36. The zero-order chi connectivity index (χ0) is 21.7. The highest BCUT2D eigenvalue weighted by Crippen LogP contribution is 2.28. The van der Waals surface area contributed by atoms with Crippen LogP contribution in [0, 0.1) is 0 Å². The van der Waals surface area contributed by atoms with Crippen LogP contribution < -0.4 is 16.8 Å². The number of piperidine rings is 1. The van der Waals surface area contributed by atoms with Gasteiger partial charge in [-0.05, 0) is 12.0 Å². The fourth-order valence-electron chi connectivity index (χ4n) is 3.35. The molecule has 0 aliphatic carbocycles. The van der Waals surface area contributed by atoms with Gasteiger partial charge in [0.25, 0.3) is 11.8 Å². The first-order valence-corrected chi connectivity index (χ1v) is 9.67. The monoisotopic (exact) mass is 425 g/mol. The van der Waals surface area contributed by atoms with E-state index in [0.717, 1.165) is 5.56 Å². The van der Waals surface area contributed by atoms with Crippen LogP contribution in [0.25, 0.3) is 0 Å². The molecule has 1 aromatic heterocycles. The number of carbonyl (C=O) groups excluding carboxylic acids is 1. The largest absolute Gasteiger partial charge is 0.434 e. The average Bonchev–Trinajstić information content (AvgIpc) is 3.15. The van der Waals surface area contributed by atoms with Crippen LogP contribution in [-0.4, -0.2) is 63.8 Å². The maximum atomic E-state index is 13.4. The minimum Gasteiger partial charge on any atom is -0.390 e. The first-order chi connectivity index (χ1) is 14.2. The first-order valence-electron chi connectivity index (χ1n) is 9.67.